The Morgan fingerprint density at radius 1 is 1.13 bits per heavy atom. The molecule has 122 valence electrons. The average Bonchev–Trinajstić information content (AvgIpc) is 2.49. The molecule has 2 amide bonds. The molecule has 5 heteroatoms. The van der Waals surface area contributed by atoms with E-state index in [1.165, 1.54) is 0 Å². The van der Waals surface area contributed by atoms with Crippen LogP contribution in [0.3, 0.4) is 0 Å². The second kappa shape index (κ2) is 7.63. The lowest BCUT2D eigenvalue weighted by molar-refractivity contribution is 0.181. The van der Waals surface area contributed by atoms with Crippen LogP contribution in [0.15, 0.2) is 42.6 Å². The molecule has 0 radical (unpaired) electrons. The molecule has 2 rings (SSSR count). The monoisotopic (exact) mass is 313 g/mol. The number of para-hydroxylation sites is 1. The number of aromatic nitrogens is 1. The van der Waals surface area contributed by atoms with Crippen LogP contribution < -0.4 is 15.4 Å². The minimum absolute atomic E-state index is 0.329. The number of nitrogens with zero attached hydrogens (tertiary/aromatic N) is 1. The molecule has 1 aromatic heterocycles. The molecule has 0 fully saturated rings. The van der Waals surface area contributed by atoms with E-state index in [-0.39, 0.29) is 6.03 Å². The van der Waals surface area contributed by atoms with Gasteiger partial charge in [-0.15, -0.1) is 0 Å². The molecule has 0 aliphatic heterocycles. The molecule has 0 aliphatic carbocycles. The predicted octanol–water partition coefficient (Wildman–Crippen LogP) is 4.06. The molecular formula is C18H23N3O2. The van der Waals surface area contributed by atoms with E-state index in [2.05, 4.69) is 29.5 Å². The lowest BCUT2D eigenvalue weighted by Gasteiger charge is -2.20. The van der Waals surface area contributed by atoms with Crippen molar-refractivity contribution >= 4 is 11.7 Å². The minimum Gasteiger partial charge on any atom is -0.471 e. The van der Waals surface area contributed by atoms with Crippen LogP contribution in [-0.2, 0) is 0 Å². The fourth-order valence-corrected chi connectivity index (χ4v) is 2.18. The van der Waals surface area contributed by atoms with E-state index in [1.807, 2.05) is 43.3 Å². The number of anilines is 1. The number of hydrogen-bond donors (Lipinski definition) is 2. The van der Waals surface area contributed by atoms with Gasteiger partial charge >= 0.3 is 6.03 Å². The Morgan fingerprint density at radius 3 is 2.52 bits per heavy atom. The topological polar surface area (TPSA) is 63.2 Å². The van der Waals surface area contributed by atoms with Crippen LogP contribution in [0.1, 0.15) is 37.9 Å². The van der Waals surface area contributed by atoms with E-state index in [0.717, 1.165) is 17.0 Å². The Kier molecular flexibility index (Phi) is 5.57. The third-order valence-electron chi connectivity index (χ3n) is 3.35. The Bertz CT molecular complexity index is 654. The van der Waals surface area contributed by atoms with Gasteiger partial charge in [0.25, 0.3) is 0 Å². The lowest BCUT2D eigenvalue weighted by atomic mass is 10.0. The van der Waals surface area contributed by atoms with Crippen LogP contribution in [0.5, 0.6) is 5.75 Å². The molecular weight excluding hydrogens is 290 g/mol. The van der Waals surface area contributed by atoms with E-state index in [9.17, 15) is 4.79 Å². The average molecular weight is 313 g/mol. The maximum Gasteiger partial charge on any atom is 0.322 e. The van der Waals surface area contributed by atoms with Gasteiger partial charge < -0.3 is 15.4 Å². The molecule has 1 aromatic carbocycles. The van der Waals surface area contributed by atoms with Gasteiger partial charge in [-0.25, -0.2) is 4.79 Å². The summed E-state index contributed by atoms with van der Waals surface area (Å²) >= 11 is 0. The van der Waals surface area contributed by atoms with Crippen LogP contribution in [0.25, 0.3) is 0 Å². The van der Waals surface area contributed by atoms with Crippen molar-refractivity contribution in [3.05, 3.63) is 53.9 Å². The highest BCUT2D eigenvalue weighted by atomic mass is 16.5. The summed E-state index contributed by atoms with van der Waals surface area (Å²) < 4.78 is 5.85. The molecule has 0 bridgehead atoms. The van der Waals surface area contributed by atoms with Crippen LogP contribution >= 0.6 is 0 Å². The number of amides is 2. The SMILES string of the molecule is Cc1ccc(NC(=O)NC(C)Oc2ccccc2C(C)C)cn1. The zero-order valence-corrected chi connectivity index (χ0v) is 14.0. The highest BCUT2D eigenvalue weighted by molar-refractivity contribution is 5.89. The molecule has 1 unspecified atom stereocenters. The fourth-order valence-electron chi connectivity index (χ4n) is 2.18. The third kappa shape index (κ3) is 4.98. The van der Waals surface area contributed by atoms with Crippen LogP contribution in [0.4, 0.5) is 10.5 Å². The second-order valence-corrected chi connectivity index (χ2v) is 5.74. The normalized spacial score (nSPS) is 11.9. The van der Waals surface area contributed by atoms with Crippen LogP contribution in [-0.4, -0.2) is 17.2 Å². The van der Waals surface area contributed by atoms with Gasteiger partial charge in [0.2, 0.25) is 0 Å². The molecule has 0 spiro atoms. The number of aryl methyl sites for hydroxylation is 1. The predicted molar refractivity (Wildman–Crippen MR) is 91.7 cm³/mol. The van der Waals surface area contributed by atoms with Gasteiger partial charge in [-0.1, -0.05) is 32.0 Å². The summed E-state index contributed by atoms with van der Waals surface area (Å²) in [6.45, 7) is 7.91. The van der Waals surface area contributed by atoms with Crippen molar-refractivity contribution in [2.24, 2.45) is 0 Å². The van der Waals surface area contributed by atoms with Crippen molar-refractivity contribution in [1.29, 1.82) is 0 Å². The van der Waals surface area contributed by atoms with Crippen molar-refractivity contribution in [2.75, 3.05) is 5.32 Å². The smallest absolute Gasteiger partial charge is 0.322 e. The van der Waals surface area contributed by atoms with Crippen molar-refractivity contribution in [3.63, 3.8) is 0 Å². The number of urea groups is 1. The van der Waals surface area contributed by atoms with E-state index >= 15 is 0 Å². The lowest BCUT2D eigenvalue weighted by Crippen LogP contribution is -2.39. The second-order valence-electron chi connectivity index (χ2n) is 5.74. The molecule has 0 aliphatic rings. The van der Waals surface area contributed by atoms with Crippen molar-refractivity contribution < 1.29 is 9.53 Å². The van der Waals surface area contributed by atoms with Gasteiger partial charge in [0, 0.05) is 5.69 Å². The first-order chi connectivity index (χ1) is 11.0. The largest absolute Gasteiger partial charge is 0.471 e. The molecule has 1 heterocycles. The van der Waals surface area contributed by atoms with Crippen molar-refractivity contribution in [3.8, 4) is 5.75 Å². The maximum atomic E-state index is 12.0. The summed E-state index contributed by atoms with van der Waals surface area (Å²) in [7, 11) is 0. The standard InChI is InChI=1S/C18H23N3O2/c1-12(2)16-7-5-6-8-17(16)23-14(4)20-18(22)21-15-10-9-13(3)19-11-15/h5-12,14H,1-4H3,(H2,20,21,22). The van der Waals surface area contributed by atoms with Crippen LogP contribution in [0, 0.1) is 6.92 Å². The number of hydrogen-bond acceptors (Lipinski definition) is 3. The quantitative estimate of drug-likeness (QED) is 0.818. The number of ether oxygens (including phenoxy) is 1. The Labute approximate surface area is 137 Å². The van der Waals surface area contributed by atoms with E-state index < -0.39 is 6.23 Å². The zero-order valence-electron chi connectivity index (χ0n) is 14.0. The van der Waals surface area contributed by atoms with Gasteiger partial charge in [-0.05, 0) is 43.5 Å². The first kappa shape index (κ1) is 16.8. The van der Waals surface area contributed by atoms with Gasteiger partial charge in [-0.2, -0.15) is 0 Å². The Hall–Kier alpha value is -2.56. The summed E-state index contributed by atoms with van der Waals surface area (Å²) in [4.78, 5) is 16.1. The summed E-state index contributed by atoms with van der Waals surface area (Å²) in [5.74, 6) is 1.14. The van der Waals surface area contributed by atoms with Gasteiger partial charge in [0.15, 0.2) is 6.23 Å². The molecule has 0 saturated carbocycles. The highest BCUT2D eigenvalue weighted by Crippen LogP contribution is 2.26. The van der Waals surface area contributed by atoms with Gasteiger partial charge in [0.05, 0.1) is 11.9 Å². The van der Waals surface area contributed by atoms with Gasteiger partial charge in [-0.3, -0.25) is 4.98 Å². The third-order valence-corrected chi connectivity index (χ3v) is 3.35. The summed E-state index contributed by atoms with van der Waals surface area (Å²) in [6.07, 6.45) is 1.17. The molecule has 0 saturated heterocycles. The molecule has 2 N–H and O–H groups in total. The van der Waals surface area contributed by atoms with Crippen molar-refractivity contribution in [2.45, 2.75) is 39.8 Å². The van der Waals surface area contributed by atoms with E-state index in [4.69, 9.17) is 4.74 Å². The van der Waals surface area contributed by atoms with Crippen LogP contribution in [0.2, 0.25) is 0 Å². The Morgan fingerprint density at radius 2 is 1.87 bits per heavy atom. The number of rotatable bonds is 5. The number of carbonyl (C=O) groups excluding carboxylic acids is 1. The first-order valence-electron chi connectivity index (χ1n) is 7.71. The molecule has 5 nitrogen and oxygen atoms in total. The number of pyridine rings is 1. The number of carbonyl (C=O) groups is 1. The number of nitrogens with one attached hydrogen (secondary N) is 2. The fraction of sp³-hybridized carbons (Fsp3) is 0.333. The van der Waals surface area contributed by atoms with Gasteiger partial charge in [0.1, 0.15) is 5.75 Å². The molecule has 1 atom stereocenters. The Balaban J connectivity index is 1.93. The minimum atomic E-state index is -0.451. The van der Waals surface area contributed by atoms with Crippen molar-refractivity contribution in [1.82, 2.24) is 10.3 Å². The molecule has 23 heavy (non-hydrogen) atoms. The summed E-state index contributed by atoms with van der Waals surface area (Å²) in [5, 5.41) is 5.49. The first-order valence-corrected chi connectivity index (χ1v) is 7.71. The zero-order chi connectivity index (χ0) is 16.8. The molecule has 2 aromatic rings. The summed E-state index contributed by atoms with van der Waals surface area (Å²) in [6, 6.07) is 11.2. The highest BCUT2D eigenvalue weighted by Gasteiger charge is 2.12. The summed E-state index contributed by atoms with van der Waals surface area (Å²) in [5.41, 5.74) is 2.66. The maximum absolute atomic E-state index is 12.0. The number of benzene rings is 1. The van der Waals surface area contributed by atoms with E-state index in [1.54, 1.807) is 13.1 Å². The van der Waals surface area contributed by atoms with E-state index in [0.29, 0.717) is 11.6 Å².